The monoisotopic (exact) mass is 303 g/mol. The Labute approximate surface area is 119 Å². The van der Waals surface area contributed by atoms with Crippen molar-refractivity contribution in [3.63, 3.8) is 0 Å². The SMILES string of the molecule is Cc1ccc(S(=O)(=O)NCCSCCCO)cc1C. The van der Waals surface area contributed by atoms with E-state index in [1.54, 1.807) is 23.9 Å². The molecule has 1 aromatic carbocycles. The van der Waals surface area contributed by atoms with E-state index in [2.05, 4.69) is 4.72 Å². The van der Waals surface area contributed by atoms with E-state index in [9.17, 15) is 8.42 Å². The summed E-state index contributed by atoms with van der Waals surface area (Å²) < 4.78 is 26.6. The number of aliphatic hydroxyl groups excluding tert-OH is 1. The normalized spacial score (nSPS) is 11.7. The lowest BCUT2D eigenvalue weighted by molar-refractivity contribution is 0.296. The fraction of sp³-hybridized carbons (Fsp3) is 0.538. The number of hydrogen-bond acceptors (Lipinski definition) is 4. The van der Waals surface area contributed by atoms with E-state index in [0.717, 1.165) is 23.3 Å². The number of hydrogen-bond donors (Lipinski definition) is 2. The van der Waals surface area contributed by atoms with E-state index in [0.29, 0.717) is 17.2 Å². The lowest BCUT2D eigenvalue weighted by Gasteiger charge is -2.08. The van der Waals surface area contributed by atoms with Gasteiger partial charge in [0.2, 0.25) is 10.0 Å². The first-order valence-corrected chi connectivity index (χ1v) is 8.86. The topological polar surface area (TPSA) is 66.4 Å². The summed E-state index contributed by atoms with van der Waals surface area (Å²) in [6.45, 7) is 4.45. The molecule has 0 radical (unpaired) electrons. The van der Waals surface area contributed by atoms with Crippen LogP contribution in [0.15, 0.2) is 23.1 Å². The van der Waals surface area contributed by atoms with Crippen LogP contribution in [0.25, 0.3) is 0 Å². The molecule has 1 rings (SSSR count). The van der Waals surface area contributed by atoms with Gasteiger partial charge in [-0.25, -0.2) is 13.1 Å². The minimum Gasteiger partial charge on any atom is -0.396 e. The molecule has 0 aliphatic rings. The van der Waals surface area contributed by atoms with E-state index in [1.165, 1.54) is 0 Å². The molecule has 0 amide bonds. The van der Waals surface area contributed by atoms with Crippen LogP contribution >= 0.6 is 11.8 Å². The molecule has 0 unspecified atom stereocenters. The molecular formula is C13H21NO3S2. The van der Waals surface area contributed by atoms with Crippen molar-refractivity contribution in [1.29, 1.82) is 0 Å². The van der Waals surface area contributed by atoms with Gasteiger partial charge >= 0.3 is 0 Å². The predicted octanol–water partition coefficient (Wildman–Crippen LogP) is 1.70. The van der Waals surface area contributed by atoms with Crippen LogP contribution in [0.5, 0.6) is 0 Å². The molecule has 0 aromatic heterocycles. The van der Waals surface area contributed by atoms with Gasteiger partial charge in [-0.1, -0.05) is 6.07 Å². The molecule has 19 heavy (non-hydrogen) atoms. The number of sulfonamides is 1. The maximum Gasteiger partial charge on any atom is 0.240 e. The Balaban J connectivity index is 2.49. The molecule has 4 nitrogen and oxygen atoms in total. The highest BCUT2D eigenvalue weighted by molar-refractivity contribution is 7.99. The van der Waals surface area contributed by atoms with E-state index < -0.39 is 10.0 Å². The predicted molar refractivity (Wildman–Crippen MR) is 80.1 cm³/mol. The van der Waals surface area contributed by atoms with Gasteiger partial charge in [-0.2, -0.15) is 11.8 Å². The zero-order chi connectivity index (χ0) is 14.3. The molecule has 1 aromatic rings. The third-order valence-electron chi connectivity index (χ3n) is 2.77. The molecule has 108 valence electrons. The number of nitrogens with one attached hydrogen (secondary N) is 1. The van der Waals surface area contributed by atoms with Crippen LogP contribution in [-0.2, 0) is 10.0 Å². The first-order chi connectivity index (χ1) is 8.97. The first kappa shape index (κ1) is 16.5. The number of rotatable bonds is 8. The Bertz CT molecular complexity index is 501. The molecule has 0 heterocycles. The van der Waals surface area contributed by atoms with E-state index in [4.69, 9.17) is 5.11 Å². The summed E-state index contributed by atoms with van der Waals surface area (Å²) in [7, 11) is -3.41. The Morgan fingerprint density at radius 2 is 1.95 bits per heavy atom. The van der Waals surface area contributed by atoms with Crippen molar-refractivity contribution >= 4 is 21.8 Å². The van der Waals surface area contributed by atoms with Crippen LogP contribution in [0, 0.1) is 13.8 Å². The van der Waals surface area contributed by atoms with E-state index in [-0.39, 0.29) is 6.61 Å². The van der Waals surface area contributed by atoms with Gasteiger partial charge in [-0.3, -0.25) is 0 Å². The molecule has 2 N–H and O–H groups in total. The van der Waals surface area contributed by atoms with Crippen LogP contribution in [0.4, 0.5) is 0 Å². The summed E-state index contributed by atoms with van der Waals surface area (Å²) >= 11 is 1.63. The minimum absolute atomic E-state index is 0.182. The Kier molecular flexibility index (Phi) is 6.85. The lowest BCUT2D eigenvalue weighted by Crippen LogP contribution is -2.26. The smallest absolute Gasteiger partial charge is 0.240 e. The molecule has 0 aliphatic carbocycles. The summed E-state index contributed by atoms with van der Waals surface area (Å²) in [5, 5.41) is 8.62. The number of benzene rings is 1. The highest BCUT2D eigenvalue weighted by Gasteiger charge is 2.13. The third kappa shape index (κ3) is 5.52. The number of aryl methyl sites for hydroxylation is 2. The summed E-state index contributed by atoms with van der Waals surface area (Å²) in [5.41, 5.74) is 2.05. The van der Waals surface area contributed by atoms with Crippen molar-refractivity contribution in [3.05, 3.63) is 29.3 Å². The molecule has 0 atom stereocenters. The van der Waals surface area contributed by atoms with Crippen molar-refractivity contribution in [2.45, 2.75) is 25.2 Å². The molecule has 0 aliphatic heterocycles. The highest BCUT2D eigenvalue weighted by atomic mass is 32.2. The molecular weight excluding hydrogens is 282 g/mol. The maximum absolute atomic E-state index is 12.0. The Hall–Kier alpha value is -0.560. The average molecular weight is 303 g/mol. The summed E-state index contributed by atoms with van der Waals surface area (Å²) in [5.74, 6) is 1.56. The van der Waals surface area contributed by atoms with Crippen LogP contribution in [0.3, 0.4) is 0 Å². The Morgan fingerprint density at radius 1 is 1.21 bits per heavy atom. The zero-order valence-electron chi connectivity index (χ0n) is 11.3. The quantitative estimate of drug-likeness (QED) is 0.717. The van der Waals surface area contributed by atoms with Crippen LogP contribution in [-0.4, -0.2) is 38.2 Å². The van der Waals surface area contributed by atoms with Gasteiger partial charge in [0.1, 0.15) is 0 Å². The second-order valence-electron chi connectivity index (χ2n) is 4.33. The van der Waals surface area contributed by atoms with Crippen molar-refractivity contribution in [1.82, 2.24) is 4.72 Å². The maximum atomic E-state index is 12.0. The second kappa shape index (κ2) is 7.89. The molecule has 0 bridgehead atoms. The van der Waals surface area contributed by atoms with E-state index in [1.807, 2.05) is 19.9 Å². The van der Waals surface area contributed by atoms with Gasteiger partial charge in [0.05, 0.1) is 4.90 Å². The largest absolute Gasteiger partial charge is 0.396 e. The zero-order valence-corrected chi connectivity index (χ0v) is 13.0. The fourth-order valence-corrected chi connectivity index (χ4v) is 3.51. The number of thioether (sulfide) groups is 1. The molecule has 6 heteroatoms. The third-order valence-corrected chi connectivity index (χ3v) is 5.30. The molecule has 0 fully saturated rings. The fourth-order valence-electron chi connectivity index (χ4n) is 1.48. The van der Waals surface area contributed by atoms with Gasteiger partial charge in [0, 0.05) is 18.9 Å². The van der Waals surface area contributed by atoms with Crippen LogP contribution in [0.2, 0.25) is 0 Å². The van der Waals surface area contributed by atoms with Crippen molar-refractivity contribution in [2.75, 3.05) is 24.7 Å². The average Bonchev–Trinajstić information content (AvgIpc) is 2.36. The van der Waals surface area contributed by atoms with Crippen molar-refractivity contribution in [3.8, 4) is 0 Å². The lowest BCUT2D eigenvalue weighted by atomic mass is 10.1. The van der Waals surface area contributed by atoms with Gasteiger partial charge in [0.25, 0.3) is 0 Å². The summed E-state index contributed by atoms with van der Waals surface area (Å²) in [6.07, 6.45) is 0.745. The molecule has 0 saturated carbocycles. The second-order valence-corrected chi connectivity index (χ2v) is 7.33. The molecule has 0 saturated heterocycles. The Morgan fingerprint density at radius 3 is 2.58 bits per heavy atom. The highest BCUT2D eigenvalue weighted by Crippen LogP contribution is 2.14. The van der Waals surface area contributed by atoms with Crippen LogP contribution in [0.1, 0.15) is 17.5 Å². The van der Waals surface area contributed by atoms with Crippen molar-refractivity contribution < 1.29 is 13.5 Å². The standard InChI is InChI=1S/C13H21NO3S2/c1-11-4-5-13(10-12(11)2)19(16,17)14-6-9-18-8-3-7-15/h4-5,10,14-15H,3,6-9H2,1-2H3. The van der Waals surface area contributed by atoms with Gasteiger partial charge in [-0.15, -0.1) is 0 Å². The molecule has 0 spiro atoms. The van der Waals surface area contributed by atoms with Gasteiger partial charge in [0.15, 0.2) is 0 Å². The van der Waals surface area contributed by atoms with Crippen LogP contribution < -0.4 is 4.72 Å². The van der Waals surface area contributed by atoms with E-state index >= 15 is 0 Å². The van der Waals surface area contributed by atoms with Crippen molar-refractivity contribution in [2.24, 2.45) is 0 Å². The van der Waals surface area contributed by atoms with Gasteiger partial charge in [-0.05, 0) is 49.3 Å². The number of aliphatic hydroxyl groups is 1. The minimum atomic E-state index is -3.41. The summed E-state index contributed by atoms with van der Waals surface area (Å²) in [6, 6.07) is 5.14. The first-order valence-electron chi connectivity index (χ1n) is 6.23. The van der Waals surface area contributed by atoms with Gasteiger partial charge < -0.3 is 5.11 Å². The summed E-state index contributed by atoms with van der Waals surface area (Å²) in [4.78, 5) is 0.316.